The van der Waals surface area contributed by atoms with Gasteiger partial charge in [-0.2, -0.15) is 0 Å². The van der Waals surface area contributed by atoms with Gasteiger partial charge in [0.15, 0.2) is 5.69 Å². The van der Waals surface area contributed by atoms with Gasteiger partial charge in [-0.05, 0) is 21.0 Å². The number of hydrogen-bond acceptors (Lipinski definition) is 7. The van der Waals surface area contributed by atoms with E-state index in [0.29, 0.717) is 18.9 Å². The number of nitrogens with zero attached hydrogens (tertiary/aromatic N) is 3. The summed E-state index contributed by atoms with van der Waals surface area (Å²) < 4.78 is 4.56. The lowest BCUT2D eigenvalue weighted by Gasteiger charge is -2.27. The van der Waals surface area contributed by atoms with Gasteiger partial charge in [0, 0.05) is 13.1 Å². The first-order chi connectivity index (χ1) is 8.84. The van der Waals surface area contributed by atoms with Gasteiger partial charge < -0.3 is 20.1 Å². The van der Waals surface area contributed by atoms with Crippen molar-refractivity contribution < 1.29 is 14.6 Å². The van der Waals surface area contributed by atoms with Gasteiger partial charge in [0.2, 0.25) is 0 Å². The van der Waals surface area contributed by atoms with E-state index in [1.807, 2.05) is 19.0 Å². The van der Waals surface area contributed by atoms with Crippen LogP contribution < -0.4 is 5.32 Å². The Morgan fingerprint density at radius 3 is 2.79 bits per heavy atom. The SMILES string of the molecule is COC(=O)c1cncc(NCC(C)(O)CN(C)C)n1. The molecule has 1 aromatic heterocycles. The molecule has 7 nitrogen and oxygen atoms in total. The van der Waals surface area contributed by atoms with Crippen molar-refractivity contribution in [2.45, 2.75) is 12.5 Å². The molecular formula is C12H20N4O3. The maximum Gasteiger partial charge on any atom is 0.358 e. The summed E-state index contributed by atoms with van der Waals surface area (Å²) in [5.74, 6) is -0.127. The Labute approximate surface area is 112 Å². The molecule has 1 heterocycles. The lowest BCUT2D eigenvalue weighted by molar-refractivity contribution is 0.0459. The second kappa shape index (κ2) is 6.44. The van der Waals surface area contributed by atoms with E-state index in [4.69, 9.17) is 0 Å². The molecule has 0 amide bonds. The van der Waals surface area contributed by atoms with Gasteiger partial charge in [0.05, 0.1) is 25.1 Å². The average Bonchev–Trinajstić information content (AvgIpc) is 2.34. The van der Waals surface area contributed by atoms with E-state index in [1.165, 1.54) is 19.5 Å². The zero-order valence-electron chi connectivity index (χ0n) is 11.7. The van der Waals surface area contributed by atoms with E-state index in [2.05, 4.69) is 20.0 Å². The number of carbonyl (C=O) groups is 1. The van der Waals surface area contributed by atoms with E-state index in [0.717, 1.165) is 0 Å². The van der Waals surface area contributed by atoms with Crippen molar-refractivity contribution in [3.05, 3.63) is 18.1 Å². The molecule has 1 atom stereocenters. The Bertz CT molecular complexity index is 435. The van der Waals surface area contributed by atoms with Gasteiger partial charge in [-0.3, -0.25) is 4.98 Å². The number of hydrogen-bond donors (Lipinski definition) is 2. The van der Waals surface area contributed by atoms with Gasteiger partial charge in [-0.25, -0.2) is 9.78 Å². The van der Waals surface area contributed by atoms with Crippen LogP contribution in [0.25, 0.3) is 0 Å². The summed E-state index contributed by atoms with van der Waals surface area (Å²) in [4.78, 5) is 21.1. The van der Waals surface area contributed by atoms with Crippen LogP contribution in [0.15, 0.2) is 12.4 Å². The Kier molecular flexibility index (Phi) is 5.20. The predicted octanol–water partition coefficient (Wildman–Crippen LogP) is -0.0123. The smallest absolute Gasteiger partial charge is 0.358 e. The van der Waals surface area contributed by atoms with Crippen LogP contribution in [-0.2, 0) is 4.74 Å². The third kappa shape index (κ3) is 5.19. The molecule has 7 heteroatoms. The molecule has 0 spiro atoms. The largest absolute Gasteiger partial charge is 0.464 e. The number of rotatable bonds is 6. The van der Waals surface area contributed by atoms with E-state index in [-0.39, 0.29) is 5.69 Å². The summed E-state index contributed by atoms with van der Waals surface area (Å²) in [7, 11) is 5.05. The molecular weight excluding hydrogens is 248 g/mol. The first kappa shape index (κ1) is 15.3. The molecule has 2 N–H and O–H groups in total. The molecule has 1 aromatic rings. The molecule has 106 valence electrons. The predicted molar refractivity (Wildman–Crippen MR) is 71.0 cm³/mol. The van der Waals surface area contributed by atoms with Crippen LogP contribution in [0.3, 0.4) is 0 Å². The summed E-state index contributed by atoms with van der Waals surface area (Å²) >= 11 is 0. The lowest BCUT2D eigenvalue weighted by atomic mass is 10.1. The number of anilines is 1. The number of methoxy groups -OCH3 is 1. The van der Waals surface area contributed by atoms with Gasteiger partial charge in [-0.1, -0.05) is 0 Å². The first-order valence-corrected chi connectivity index (χ1v) is 5.85. The van der Waals surface area contributed by atoms with Crippen molar-refractivity contribution in [2.24, 2.45) is 0 Å². The third-order valence-corrected chi connectivity index (χ3v) is 2.34. The van der Waals surface area contributed by atoms with Gasteiger partial charge in [0.1, 0.15) is 5.82 Å². The van der Waals surface area contributed by atoms with Crippen LogP contribution >= 0.6 is 0 Å². The van der Waals surface area contributed by atoms with Crippen molar-refractivity contribution in [1.29, 1.82) is 0 Å². The van der Waals surface area contributed by atoms with Crippen LogP contribution in [0.2, 0.25) is 0 Å². The number of esters is 1. The van der Waals surface area contributed by atoms with E-state index in [1.54, 1.807) is 6.92 Å². The molecule has 0 bridgehead atoms. The highest BCUT2D eigenvalue weighted by molar-refractivity contribution is 5.87. The zero-order chi connectivity index (χ0) is 14.5. The summed E-state index contributed by atoms with van der Waals surface area (Å²) in [6.07, 6.45) is 2.81. The molecule has 0 radical (unpaired) electrons. The van der Waals surface area contributed by atoms with Gasteiger partial charge >= 0.3 is 5.97 Å². The topological polar surface area (TPSA) is 87.6 Å². The van der Waals surface area contributed by atoms with Crippen LogP contribution in [-0.4, -0.2) is 65.8 Å². The van der Waals surface area contributed by atoms with Crippen molar-refractivity contribution in [1.82, 2.24) is 14.9 Å². The van der Waals surface area contributed by atoms with Crippen LogP contribution in [0.4, 0.5) is 5.82 Å². The van der Waals surface area contributed by atoms with E-state index < -0.39 is 11.6 Å². The van der Waals surface area contributed by atoms with Crippen molar-refractivity contribution in [3.63, 3.8) is 0 Å². The maximum absolute atomic E-state index is 11.3. The molecule has 0 saturated carbocycles. The molecule has 19 heavy (non-hydrogen) atoms. The number of aliphatic hydroxyl groups is 1. The molecule has 1 rings (SSSR count). The molecule has 0 aromatic carbocycles. The van der Waals surface area contributed by atoms with E-state index in [9.17, 15) is 9.90 Å². The number of nitrogens with one attached hydrogen (secondary N) is 1. The lowest BCUT2D eigenvalue weighted by Crippen LogP contribution is -2.43. The van der Waals surface area contributed by atoms with E-state index >= 15 is 0 Å². The second-order valence-electron chi connectivity index (χ2n) is 4.87. The number of carbonyl (C=O) groups excluding carboxylic acids is 1. The van der Waals surface area contributed by atoms with Crippen LogP contribution in [0.5, 0.6) is 0 Å². The minimum atomic E-state index is -0.910. The average molecular weight is 268 g/mol. The van der Waals surface area contributed by atoms with Crippen molar-refractivity contribution in [3.8, 4) is 0 Å². The fourth-order valence-corrected chi connectivity index (χ4v) is 1.67. The number of aromatic nitrogens is 2. The Balaban J connectivity index is 2.65. The van der Waals surface area contributed by atoms with Gasteiger partial charge in [0.25, 0.3) is 0 Å². The highest BCUT2D eigenvalue weighted by Gasteiger charge is 2.21. The Hall–Kier alpha value is -1.73. The van der Waals surface area contributed by atoms with Crippen LogP contribution in [0, 0.1) is 0 Å². The Morgan fingerprint density at radius 2 is 2.21 bits per heavy atom. The fraction of sp³-hybridized carbons (Fsp3) is 0.583. The summed E-state index contributed by atoms with van der Waals surface area (Å²) in [5, 5.41) is 13.1. The molecule has 0 aliphatic heterocycles. The molecule has 1 unspecified atom stereocenters. The summed E-state index contributed by atoms with van der Waals surface area (Å²) in [6.45, 7) is 2.52. The minimum Gasteiger partial charge on any atom is -0.464 e. The normalized spacial score (nSPS) is 14.0. The number of ether oxygens (including phenoxy) is 1. The van der Waals surface area contributed by atoms with Gasteiger partial charge in [-0.15, -0.1) is 0 Å². The third-order valence-electron chi connectivity index (χ3n) is 2.34. The van der Waals surface area contributed by atoms with Crippen LogP contribution in [0.1, 0.15) is 17.4 Å². The Morgan fingerprint density at radius 1 is 1.53 bits per heavy atom. The zero-order valence-corrected chi connectivity index (χ0v) is 11.7. The molecule has 0 saturated heterocycles. The highest BCUT2D eigenvalue weighted by atomic mass is 16.5. The second-order valence-corrected chi connectivity index (χ2v) is 4.87. The van der Waals surface area contributed by atoms with Crippen molar-refractivity contribution in [2.75, 3.05) is 39.6 Å². The highest BCUT2D eigenvalue weighted by Crippen LogP contribution is 2.08. The maximum atomic E-state index is 11.3. The fourth-order valence-electron chi connectivity index (χ4n) is 1.67. The quantitative estimate of drug-likeness (QED) is 0.701. The summed E-state index contributed by atoms with van der Waals surface area (Å²) in [6, 6.07) is 0. The monoisotopic (exact) mass is 268 g/mol. The molecule has 0 aliphatic rings. The minimum absolute atomic E-state index is 0.125. The standard InChI is InChI=1S/C12H20N4O3/c1-12(18,8-16(2)3)7-14-10-6-13-5-9(15-10)11(17)19-4/h5-6,18H,7-8H2,1-4H3,(H,14,15). The number of likely N-dealkylation sites (N-methyl/N-ethyl adjacent to an activating group) is 1. The molecule has 0 aliphatic carbocycles. The van der Waals surface area contributed by atoms with Crippen molar-refractivity contribution >= 4 is 11.8 Å². The molecule has 0 fully saturated rings. The first-order valence-electron chi connectivity index (χ1n) is 5.85. The summed E-state index contributed by atoms with van der Waals surface area (Å²) in [5.41, 5.74) is -0.785.